The van der Waals surface area contributed by atoms with Crippen molar-refractivity contribution in [3.63, 3.8) is 0 Å². The third kappa shape index (κ3) is 13.3. The molecular formula is C42H58N8O8. The number of carbonyl (C=O) groups excluding carboxylic acids is 5. The fourth-order valence-corrected chi connectivity index (χ4v) is 7.20. The molecule has 1 heterocycles. The number of nitrogens with zero attached hydrogens (tertiary/aromatic N) is 1. The Morgan fingerprint density at radius 2 is 1.55 bits per heavy atom. The average molecular weight is 803 g/mol. The molecule has 4 atom stereocenters. The van der Waals surface area contributed by atoms with Crippen LogP contribution < -0.4 is 32.3 Å². The predicted octanol–water partition coefficient (Wildman–Crippen LogP) is 3.25. The molecule has 2 aromatic rings. The molecule has 0 radical (unpaired) electrons. The van der Waals surface area contributed by atoms with E-state index in [1.165, 1.54) is 4.90 Å². The van der Waals surface area contributed by atoms with Crippen LogP contribution in [-0.2, 0) is 28.7 Å². The summed E-state index contributed by atoms with van der Waals surface area (Å²) in [4.78, 5) is 81.1. The zero-order chi connectivity index (χ0) is 42.2. The van der Waals surface area contributed by atoms with Gasteiger partial charge in [-0.2, -0.15) is 0 Å². The van der Waals surface area contributed by atoms with Crippen molar-refractivity contribution in [1.29, 1.82) is 5.41 Å². The van der Waals surface area contributed by atoms with Gasteiger partial charge in [0, 0.05) is 32.5 Å². The Labute approximate surface area is 339 Å². The topological polar surface area (TPSA) is 245 Å². The van der Waals surface area contributed by atoms with Crippen LogP contribution >= 0.6 is 0 Å². The summed E-state index contributed by atoms with van der Waals surface area (Å²) in [5.74, 6) is -3.80. The molecular weight excluding hydrogens is 745 g/mol. The Kier molecular flexibility index (Phi) is 17.1. The van der Waals surface area contributed by atoms with E-state index in [2.05, 4.69) is 26.6 Å². The van der Waals surface area contributed by atoms with Crippen LogP contribution in [0.3, 0.4) is 0 Å². The van der Waals surface area contributed by atoms with Gasteiger partial charge >= 0.3 is 12.1 Å². The van der Waals surface area contributed by atoms with Crippen molar-refractivity contribution in [1.82, 2.24) is 31.5 Å². The summed E-state index contributed by atoms with van der Waals surface area (Å²) >= 11 is 0. The largest absolute Gasteiger partial charge is 0.480 e. The first-order valence-corrected chi connectivity index (χ1v) is 20.0. The maximum absolute atomic E-state index is 13.8. The molecule has 5 amide bonds. The molecule has 0 aromatic heterocycles. The Balaban J connectivity index is 1.49. The number of nitrogens with two attached hydrogens (primary N) is 1. The first-order chi connectivity index (χ1) is 27.7. The Bertz CT molecular complexity index is 1780. The van der Waals surface area contributed by atoms with Crippen molar-refractivity contribution in [2.24, 2.45) is 5.73 Å². The SMILES string of the molecule is CC(C)=CC[C@@H]1NC(=O)CCCCN(C)C(=O)[C@@H](NC(=O)OCC2c3ccccc3-c3ccccc32)CCCC[C@@H](C(=O)O)NC(=O)[C@H](CCCNC(=N)N)NC1=O. The van der Waals surface area contributed by atoms with Gasteiger partial charge in [0.05, 0.1) is 0 Å². The fourth-order valence-electron chi connectivity index (χ4n) is 7.20. The van der Waals surface area contributed by atoms with Gasteiger partial charge in [0.15, 0.2) is 5.96 Å². The van der Waals surface area contributed by atoms with Gasteiger partial charge in [-0.25, -0.2) is 9.59 Å². The van der Waals surface area contributed by atoms with Crippen LogP contribution in [0.2, 0.25) is 0 Å². The van der Waals surface area contributed by atoms with Gasteiger partial charge in [-0.3, -0.25) is 24.6 Å². The molecule has 0 unspecified atom stereocenters. The van der Waals surface area contributed by atoms with Crippen molar-refractivity contribution in [3.05, 3.63) is 71.3 Å². The number of carboxylic acid groups (broad SMARTS) is 1. The quantitative estimate of drug-likeness (QED) is 0.0754. The lowest BCUT2D eigenvalue weighted by atomic mass is 9.98. The van der Waals surface area contributed by atoms with Crippen molar-refractivity contribution in [2.75, 3.05) is 26.7 Å². The summed E-state index contributed by atoms with van der Waals surface area (Å²) in [5, 5.41) is 30.9. The van der Waals surface area contributed by atoms with E-state index in [1.807, 2.05) is 62.4 Å². The fraction of sp³-hybridized carbons (Fsp3) is 0.500. The highest BCUT2D eigenvalue weighted by Gasteiger charge is 2.32. The molecule has 0 saturated carbocycles. The van der Waals surface area contributed by atoms with Crippen LogP contribution in [-0.4, -0.2) is 103 Å². The summed E-state index contributed by atoms with van der Waals surface area (Å²) in [6.45, 7) is 4.29. The minimum atomic E-state index is -1.32. The second kappa shape index (κ2) is 22.1. The van der Waals surface area contributed by atoms with E-state index in [-0.39, 0.29) is 69.5 Å². The highest BCUT2D eigenvalue weighted by molar-refractivity contribution is 5.93. The van der Waals surface area contributed by atoms with Crippen LogP contribution in [0.5, 0.6) is 0 Å². The van der Waals surface area contributed by atoms with Crippen LogP contribution in [0.4, 0.5) is 4.79 Å². The molecule has 16 heteroatoms. The number of rotatable bonds is 10. The molecule has 0 spiro atoms. The van der Waals surface area contributed by atoms with Gasteiger partial charge in [0.2, 0.25) is 23.6 Å². The lowest BCUT2D eigenvalue weighted by molar-refractivity contribution is -0.142. The lowest BCUT2D eigenvalue weighted by Crippen LogP contribution is -2.55. The molecule has 1 saturated heterocycles. The number of likely N-dealkylation sites (N-methyl/N-ethyl adjacent to an activating group) is 1. The third-order valence-corrected chi connectivity index (χ3v) is 10.3. The molecule has 2 aliphatic rings. The monoisotopic (exact) mass is 802 g/mol. The van der Waals surface area contributed by atoms with E-state index in [0.717, 1.165) is 27.8 Å². The molecule has 2 aromatic carbocycles. The first kappa shape index (κ1) is 44.8. The highest BCUT2D eigenvalue weighted by atomic mass is 16.5. The van der Waals surface area contributed by atoms with Crippen molar-refractivity contribution in [3.8, 4) is 11.1 Å². The summed E-state index contributed by atoms with van der Waals surface area (Å²) in [6, 6.07) is 11.5. The number of hydrogen-bond donors (Lipinski definition) is 8. The molecule has 1 aliphatic heterocycles. The zero-order valence-electron chi connectivity index (χ0n) is 33.6. The Morgan fingerprint density at radius 3 is 2.19 bits per heavy atom. The van der Waals surface area contributed by atoms with Crippen LogP contribution in [0.25, 0.3) is 11.1 Å². The smallest absolute Gasteiger partial charge is 0.407 e. The predicted molar refractivity (Wildman–Crippen MR) is 219 cm³/mol. The minimum Gasteiger partial charge on any atom is -0.480 e. The standard InChI is InChI=1S/C42H58N8O8/c1-26(2)21-22-33-38(53)47-32(19-12-23-45-41(43)44)37(52)48-35(40(55)56)18-9-8-17-34(39(54)50(3)24-11-10-20-36(51)46-33)49-42(57)58-25-31-29-15-6-4-13-27(29)28-14-5-7-16-30(28)31/h4-7,13-16,21,31-35H,8-12,17-20,22-25H2,1-3H3,(H,46,51)(H,47,53)(H,48,52)(H,49,57)(H,55,56)(H4,43,44,45)/t32-,33-,34-,35-/m0/s1. The third-order valence-electron chi connectivity index (χ3n) is 10.3. The van der Waals surface area contributed by atoms with E-state index in [9.17, 15) is 33.9 Å². The van der Waals surface area contributed by atoms with Gasteiger partial charge in [0.25, 0.3) is 0 Å². The zero-order valence-corrected chi connectivity index (χ0v) is 33.6. The van der Waals surface area contributed by atoms with Crippen LogP contribution in [0.1, 0.15) is 95.1 Å². The van der Waals surface area contributed by atoms with Gasteiger partial charge < -0.3 is 47.1 Å². The number of allylic oxidation sites excluding steroid dienone is 1. The molecule has 1 aliphatic carbocycles. The van der Waals surface area contributed by atoms with Crippen molar-refractivity contribution in [2.45, 2.75) is 108 Å². The molecule has 16 nitrogen and oxygen atoms in total. The normalized spacial score (nSPS) is 21.3. The van der Waals surface area contributed by atoms with Crippen molar-refractivity contribution >= 4 is 41.7 Å². The molecule has 58 heavy (non-hydrogen) atoms. The minimum absolute atomic E-state index is 0.00851. The number of benzene rings is 2. The van der Waals surface area contributed by atoms with E-state index >= 15 is 0 Å². The van der Waals surface area contributed by atoms with Gasteiger partial charge in [-0.15, -0.1) is 0 Å². The summed E-state index contributed by atoms with van der Waals surface area (Å²) in [6.07, 6.45) is 3.34. The number of alkyl carbamates (subject to hydrolysis) is 1. The lowest BCUT2D eigenvalue weighted by Gasteiger charge is -2.26. The molecule has 4 rings (SSSR count). The van der Waals surface area contributed by atoms with E-state index in [1.54, 1.807) is 13.1 Å². The number of guanidine groups is 1. The first-order valence-electron chi connectivity index (χ1n) is 20.0. The molecule has 9 N–H and O–H groups in total. The number of aliphatic carboxylic acids is 1. The maximum Gasteiger partial charge on any atom is 0.407 e. The highest BCUT2D eigenvalue weighted by Crippen LogP contribution is 2.44. The van der Waals surface area contributed by atoms with E-state index in [4.69, 9.17) is 15.9 Å². The molecule has 314 valence electrons. The Morgan fingerprint density at radius 1 is 0.914 bits per heavy atom. The maximum atomic E-state index is 13.8. The number of hydrogen-bond acceptors (Lipinski definition) is 8. The second-order valence-corrected chi connectivity index (χ2v) is 15.1. The summed E-state index contributed by atoms with van der Waals surface area (Å²) in [5.41, 5.74) is 10.6. The number of carboxylic acids is 1. The van der Waals surface area contributed by atoms with E-state index in [0.29, 0.717) is 32.2 Å². The number of ether oxygens (including phenoxy) is 1. The van der Waals surface area contributed by atoms with E-state index < -0.39 is 54.0 Å². The van der Waals surface area contributed by atoms with Crippen molar-refractivity contribution < 1.29 is 38.6 Å². The number of amides is 5. The van der Waals surface area contributed by atoms with Gasteiger partial charge in [0.1, 0.15) is 30.8 Å². The number of fused-ring (bicyclic) bond motifs is 3. The molecule has 1 fully saturated rings. The summed E-state index contributed by atoms with van der Waals surface area (Å²) < 4.78 is 5.74. The average Bonchev–Trinajstić information content (AvgIpc) is 3.51. The Hall–Kier alpha value is -5.93. The summed E-state index contributed by atoms with van der Waals surface area (Å²) in [7, 11) is 1.61. The number of carbonyl (C=O) groups is 6. The number of nitrogens with one attached hydrogen (secondary N) is 6. The van der Waals surface area contributed by atoms with Crippen LogP contribution in [0, 0.1) is 5.41 Å². The second-order valence-electron chi connectivity index (χ2n) is 15.1. The molecule has 0 bridgehead atoms. The van der Waals surface area contributed by atoms with Crippen LogP contribution in [0.15, 0.2) is 60.2 Å². The van der Waals surface area contributed by atoms with Gasteiger partial charge in [-0.1, -0.05) is 73.0 Å². The van der Waals surface area contributed by atoms with Gasteiger partial charge in [-0.05, 0) is 81.0 Å².